The third-order valence-electron chi connectivity index (χ3n) is 2.87. The standard InChI is InChI=1S/C12H15FN2O/c1-15(12(16)10-6-11(10)14)7-8-2-4-9(13)5-3-8/h2-5,10-11H,6-7,14H2,1H3. The van der Waals surface area contributed by atoms with E-state index in [4.69, 9.17) is 5.73 Å². The van der Waals surface area contributed by atoms with E-state index in [1.165, 1.54) is 12.1 Å². The summed E-state index contributed by atoms with van der Waals surface area (Å²) in [6.45, 7) is 0.502. The Morgan fingerprint density at radius 1 is 1.50 bits per heavy atom. The fourth-order valence-corrected chi connectivity index (χ4v) is 1.72. The Bertz CT molecular complexity index is 391. The summed E-state index contributed by atoms with van der Waals surface area (Å²) < 4.78 is 12.7. The van der Waals surface area contributed by atoms with Crippen molar-refractivity contribution in [3.05, 3.63) is 35.6 Å². The van der Waals surface area contributed by atoms with E-state index >= 15 is 0 Å². The molecule has 0 aliphatic heterocycles. The predicted octanol–water partition coefficient (Wildman–Crippen LogP) is 1.13. The molecule has 2 rings (SSSR count). The zero-order chi connectivity index (χ0) is 11.7. The lowest BCUT2D eigenvalue weighted by atomic mass is 10.2. The minimum absolute atomic E-state index is 0.00884. The van der Waals surface area contributed by atoms with Crippen LogP contribution in [-0.4, -0.2) is 23.9 Å². The van der Waals surface area contributed by atoms with Gasteiger partial charge >= 0.3 is 0 Å². The molecule has 1 fully saturated rings. The molecular weight excluding hydrogens is 207 g/mol. The monoisotopic (exact) mass is 222 g/mol. The molecule has 16 heavy (non-hydrogen) atoms. The first-order valence-electron chi connectivity index (χ1n) is 5.33. The third kappa shape index (κ3) is 2.39. The molecule has 2 unspecified atom stereocenters. The zero-order valence-electron chi connectivity index (χ0n) is 9.19. The lowest BCUT2D eigenvalue weighted by Crippen LogP contribution is -2.29. The summed E-state index contributed by atoms with van der Waals surface area (Å²) in [7, 11) is 1.75. The van der Waals surface area contributed by atoms with Gasteiger partial charge in [-0.05, 0) is 24.1 Å². The van der Waals surface area contributed by atoms with Crippen LogP contribution in [0.15, 0.2) is 24.3 Å². The van der Waals surface area contributed by atoms with Crippen LogP contribution in [0.3, 0.4) is 0 Å². The summed E-state index contributed by atoms with van der Waals surface area (Å²) in [6.07, 6.45) is 0.784. The molecule has 86 valence electrons. The van der Waals surface area contributed by atoms with E-state index in [2.05, 4.69) is 0 Å². The number of carbonyl (C=O) groups excluding carboxylic acids is 1. The van der Waals surface area contributed by atoms with Crippen LogP contribution in [0.5, 0.6) is 0 Å². The lowest BCUT2D eigenvalue weighted by Gasteiger charge is -2.17. The van der Waals surface area contributed by atoms with Gasteiger partial charge in [-0.1, -0.05) is 12.1 Å². The minimum Gasteiger partial charge on any atom is -0.341 e. The normalized spacial score (nSPS) is 22.9. The Labute approximate surface area is 94.0 Å². The first-order chi connectivity index (χ1) is 7.58. The number of nitrogens with two attached hydrogens (primary N) is 1. The number of hydrogen-bond donors (Lipinski definition) is 1. The molecule has 1 amide bonds. The largest absolute Gasteiger partial charge is 0.341 e. The van der Waals surface area contributed by atoms with Crippen LogP contribution in [0.2, 0.25) is 0 Å². The van der Waals surface area contributed by atoms with Gasteiger partial charge in [0, 0.05) is 19.6 Å². The molecule has 0 heterocycles. The van der Waals surface area contributed by atoms with Crippen molar-refractivity contribution in [2.24, 2.45) is 11.7 Å². The molecule has 0 spiro atoms. The van der Waals surface area contributed by atoms with Crippen LogP contribution in [0.25, 0.3) is 0 Å². The van der Waals surface area contributed by atoms with Gasteiger partial charge in [0.25, 0.3) is 0 Å². The zero-order valence-corrected chi connectivity index (χ0v) is 9.19. The highest BCUT2D eigenvalue weighted by molar-refractivity contribution is 5.82. The topological polar surface area (TPSA) is 46.3 Å². The van der Waals surface area contributed by atoms with E-state index in [9.17, 15) is 9.18 Å². The van der Waals surface area contributed by atoms with Gasteiger partial charge < -0.3 is 10.6 Å². The molecule has 1 aromatic rings. The van der Waals surface area contributed by atoms with Crippen molar-refractivity contribution in [2.75, 3.05) is 7.05 Å². The van der Waals surface area contributed by atoms with Gasteiger partial charge in [0.2, 0.25) is 5.91 Å². The average molecular weight is 222 g/mol. The van der Waals surface area contributed by atoms with Crippen molar-refractivity contribution in [3.8, 4) is 0 Å². The molecule has 1 aliphatic rings. The van der Waals surface area contributed by atoms with Gasteiger partial charge in [0.1, 0.15) is 5.82 Å². The van der Waals surface area contributed by atoms with Gasteiger partial charge in [-0.25, -0.2) is 4.39 Å². The fourth-order valence-electron chi connectivity index (χ4n) is 1.72. The molecule has 2 N–H and O–H groups in total. The number of nitrogens with zero attached hydrogens (tertiary/aromatic N) is 1. The van der Waals surface area contributed by atoms with E-state index in [0.29, 0.717) is 6.54 Å². The van der Waals surface area contributed by atoms with Crippen molar-refractivity contribution < 1.29 is 9.18 Å². The van der Waals surface area contributed by atoms with Gasteiger partial charge in [0.15, 0.2) is 0 Å². The summed E-state index contributed by atoms with van der Waals surface area (Å²) in [4.78, 5) is 13.4. The quantitative estimate of drug-likeness (QED) is 0.833. The molecule has 2 atom stereocenters. The fraction of sp³-hybridized carbons (Fsp3) is 0.417. The molecule has 0 saturated heterocycles. The van der Waals surface area contributed by atoms with Crippen LogP contribution in [-0.2, 0) is 11.3 Å². The number of amides is 1. The molecule has 1 aromatic carbocycles. The Hall–Kier alpha value is -1.42. The van der Waals surface area contributed by atoms with Crippen LogP contribution < -0.4 is 5.73 Å². The van der Waals surface area contributed by atoms with E-state index < -0.39 is 0 Å². The van der Waals surface area contributed by atoms with Crippen molar-refractivity contribution in [1.82, 2.24) is 4.90 Å². The second-order valence-corrected chi connectivity index (χ2v) is 4.33. The number of hydrogen-bond acceptors (Lipinski definition) is 2. The minimum atomic E-state index is -0.262. The SMILES string of the molecule is CN(Cc1ccc(F)cc1)C(=O)C1CC1N. The van der Waals surface area contributed by atoms with E-state index in [1.54, 1.807) is 24.1 Å². The molecule has 0 radical (unpaired) electrons. The highest BCUT2D eigenvalue weighted by Gasteiger charge is 2.41. The average Bonchev–Trinajstić information content (AvgIpc) is 2.98. The van der Waals surface area contributed by atoms with E-state index in [-0.39, 0.29) is 23.7 Å². The second-order valence-electron chi connectivity index (χ2n) is 4.33. The summed E-state index contributed by atoms with van der Waals surface area (Å²) >= 11 is 0. The highest BCUT2D eigenvalue weighted by Crippen LogP contribution is 2.29. The van der Waals surface area contributed by atoms with Crippen LogP contribution in [0.4, 0.5) is 4.39 Å². The molecule has 3 nitrogen and oxygen atoms in total. The molecule has 1 aliphatic carbocycles. The number of rotatable bonds is 3. The van der Waals surface area contributed by atoms with Crippen molar-refractivity contribution >= 4 is 5.91 Å². The van der Waals surface area contributed by atoms with Gasteiger partial charge in [-0.15, -0.1) is 0 Å². The van der Waals surface area contributed by atoms with E-state index in [1.807, 2.05) is 0 Å². The summed E-state index contributed by atoms with van der Waals surface area (Å²) in [5.41, 5.74) is 6.54. The highest BCUT2D eigenvalue weighted by atomic mass is 19.1. The van der Waals surface area contributed by atoms with E-state index in [0.717, 1.165) is 12.0 Å². The molecule has 0 aromatic heterocycles. The van der Waals surface area contributed by atoms with Crippen LogP contribution >= 0.6 is 0 Å². The maximum atomic E-state index is 12.7. The number of benzene rings is 1. The Balaban J connectivity index is 1.94. The Kier molecular flexibility index (Phi) is 2.92. The van der Waals surface area contributed by atoms with Crippen molar-refractivity contribution in [1.29, 1.82) is 0 Å². The van der Waals surface area contributed by atoms with Crippen LogP contribution in [0.1, 0.15) is 12.0 Å². The third-order valence-corrected chi connectivity index (χ3v) is 2.87. The number of halogens is 1. The first kappa shape index (κ1) is 11.1. The summed E-state index contributed by atoms with van der Waals surface area (Å²) in [5, 5.41) is 0. The van der Waals surface area contributed by atoms with Gasteiger partial charge in [-0.2, -0.15) is 0 Å². The van der Waals surface area contributed by atoms with Gasteiger partial charge in [0.05, 0.1) is 5.92 Å². The molecule has 4 heteroatoms. The summed E-state index contributed by atoms with van der Waals surface area (Å²) in [6, 6.07) is 6.20. The Morgan fingerprint density at radius 2 is 2.06 bits per heavy atom. The predicted molar refractivity (Wildman–Crippen MR) is 59.0 cm³/mol. The number of carbonyl (C=O) groups is 1. The molecule has 0 bridgehead atoms. The second kappa shape index (κ2) is 4.22. The maximum Gasteiger partial charge on any atom is 0.227 e. The van der Waals surface area contributed by atoms with Gasteiger partial charge in [-0.3, -0.25) is 4.79 Å². The lowest BCUT2D eigenvalue weighted by molar-refractivity contribution is -0.131. The smallest absolute Gasteiger partial charge is 0.227 e. The van der Waals surface area contributed by atoms with Crippen molar-refractivity contribution in [2.45, 2.75) is 19.0 Å². The molecular formula is C12H15FN2O. The Morgan fingerprint density at radius 3 is 2.56 bits per heavy atom. The maximum absolute atomic E-state index is 12.7. The molecule has 1 saturated carbocycles. The summed E-state index contributed by atoms with van der Waals surface area (Å²) in [5.74, 6) is -0.191. The van der Waals surface area contributed by atoms with Crippen LogP contribution in [0, 0.1) is 11.7 Å². The van der Waals surface area contributed by atoms with Crippen molar-refractivity contribution in [3.63, 3.8) is 0 Å². The first-order valence-corrected chi connectivity index (χ1v) is 5.33.